The first-order chi connectivity index (χ1) is 12.3. The predicted octanol–water partition coefficient (Wildman–Crippen LogP) is 5.88. The largest absolute Gasteiger partial charge is 0.362 e. The molecule has 0 aliphatic heterocycles. The summed E-state index contributed by atoms with van der Waals surface area (Å²) in [4.78, 5) is 2.11. The van der Waals surface area contributed by atoms with Crippen molar-refractivity contribution in [3.05, 3.63) is 108 Å². The van der Waals surface area contributed by atoms with Gasteiger partial charge in [-0.15, -0.1) is 0 Å². The van der Waals surface area contributed by atoms with Gasteiger partial charge >= 0.3 is 0 Å². The van der Waals surface area contributed by atoms with Crippen LogP contribution in [0.3, 0.4) is 0 Å². The second-order valence-corrected chi connectivity index (χ2v) is 5.77. The Morgan fingerprint density at radius 2 is 1.24 bits per heavy atom. The van der Waals surface area contributed by atoms with Gasteiger partial charge in [-0.25, -0.2) is 0 Å². The van der Waals surface area contributed by atoms with Crippen molar-refractivity contribution >= 4 is 23.5 Å². The molecule has 0 aromatic heterocycles. The summed E-state index contributed by atoms with van der Waals surface area (Å²) in [5.74, 6) is 0. The van der Waals surface area contributed by atoms with Gasteiger partial charge < -0.3 is 10.2 Å². The summed E-state index contributed by atoms with van der Waals surface area (Å²) in [6, 6.07) is 28.9. The number of hydrogen-bond donors (Lipinski definition) is 1. The van der Waals surface area contributed by atoms with Gasteiger partial charge in [-0.3, -0.25) is 0 Å². The smallest absolute Gasteiger partial charge is 0.0404 e. The second-order valence-electron chi connectivity index (χ2n) is 5.77. The fraction of sp³-hybridized carbons (Fsp3) is 0.0435. The van der Waals surface area contributed by atoms with Crippen molar-refractivity contribution in [1.29, 1.82) is 0 Å². The molecule has 0 aliphatic rings. The Morgan fingerprint density at radius 1 is 0.680 bits per heavy atom. The Morgan fingerprint density at radius 3 is 1.84 bits per heavy atom. The van der Waals surface area contributed by atoms with E-state index in [1.165, 1.54) is 11.1 Å². The van der Waals surface area contributed by atoms with Crippen LogP contribution in [0.4, 0.5) is 11.4 Å². The van der Waals surface area contributed by atoms with Gasteiger partial charge in [0.1, 0.15) is 0 Å². The Balaban J connectivity index is 1.58. The van der Waals surface area contributed by atoms with Crippen LogP contribution in [0.25, 0.3) is 12.2 Å². The van der Waals surface area contributed by atoms with E-state index in [9.17, 15) is 0 Å². The van der Waals surface area contributed by atoms with Crippen LogP contribution < -0.4 is 10.2 Å². The standard InChI is InChI=1S/C23H22N2/c1-25(19-17-21-10-6-3-7-11-21)23-14-12-22(13-15-23)24-18-16-20-8-4-2-5-9-20/h2-19,24H,1H3/b18-16+,19-17+. The van der Waals surface area contributed by atoms with Crippen molar-refractivity contribution in [2.24, 2.45) is 0 Å². The lowest BCUT2D eigenvalue weighted by molar-refractivity contribution is 1.21. The summed E-state index contributed by atoms with van der Waals surface area (Å²) in [5.41, 5.74) is 4.58. The van der Waals surface area contributed by atoms with E-state index in [2.05, 4.69) is 84.1 Å². The molecule has 0 unspecified atom stereocenters. The molecule has 0 heterocycles. The summed E-state index contributed by atoms with van der Waals surface area (Å²) >= 11 is 0. The summed E-state index contributed by atoms with van der Waals surface area (Å²) in [7, 11) is 2.05. The van der Waals surface area contributed by atoms with Gasteiger partial charge in [0.25, 0.3) is 0 Å². The maximum absolute atomic E-state index is 3.30. The molecule has 3 aromatic rings. The zero-order valence-electron chi connectivity index (χ0n) is 14.3. The lowest BCUT2D eigenvalue weighted by atomic mass is 10.2. The quantitative estimate of drug-likeness (QED) is 0.609. The summed E-state index contributed by atoms with van der Waals surface area (Å²) < 4.78 is 0. The van der Waals surface area contributed by atoms with Crippen molar-refractivity contribution in [1.82, 2.24) is 0 Å². The first-order valence-corrected chi connectivity index (χ1v) is 8.35. The molecule has 1 N–H and O–H groups in total. The highest BCUT2D eigenvalue weighted by atomic mass is 15.1. The number of rotatable bonds is 6. The van der Waals surface area contributed by atoms with Crippen molar-refractivity contribution in [2.45, 2.75) is 0 Å². The minimum atomic E-state index is 1.07. The van der Waals surface area contributed by atoms with E-state index in [0.29, 0.717) is 0 Å². The topological polar surface area (TPSA) is 15.3 Å². The average molecular weight is 326 g/mol. The summed E-state index contributed by atoms with van der Waals surface area (Å²) in [6.07, 6.45) is 8.20. The molecule has 0 aliphatic carbocycles. The van der Waals surface area contributed by atoms with E-state index in [1.807, 2.05) is 42.6 Å². The van der Waals surface area contributed by atoms with Crippen molar-refractivity contribution in [3.8, 4) is 0 Å². The van der Waals surface area contributed by atoms with Crippen LogP contribution in [0.15, 0.2) is 97.3 Å². The molecule has 2 heteroatoms. The Labute approximate surface area is 149 Å². The fourth-order valence-corrected chi connectivity index (χ4v) is 2.44. The van der Waals surface area contributed by atoms with E-state index in [4.69, 9.17) is 0 Å². The Hall–Kier alpha value is -3.26. The fourth-order valence-electron chi connectivity index (χ4n) is 2.44. The highest BCUT2D eigenvalue weighted by molar-refractivity contribution is 5.61. The predicted molar refractivity (Wildman–Crippen MR) is 109 cm³/mol. The molecular weight excluding hydrogens is 304 g/mol. The lowest BCUT2D eigenvalue weighted by Crippen LogP contribution is -2.07. The minimum absolute atomic E-state index is 1.07. The molecule has 0 amide bonds. The maximum Gasteiger partial charge on any atom is 0.0404 e. The highest BCUT2D eigenvalue weighted by Crippen LogP contribution is 2.18. The minimum Gasteiger partial charge on any atom is -0.362 e. The average Bonchev–Trinajstić information content (AvgIpc) is 2.68. The van der Waals surface area contributed by atoms with Crippen LogP contribution in [-0.2, 0) is 0 Å². The lowest BCUT2D eigenvalue weighted by Gasteiger charge is -2.14. The van der Waals surface area contributed by atoms with Crippen LogP contribution >= 0.6 is 0 Å². The molecule has 0 saturated heterocycles. The van der Waals surface area contributed by atoms with Crippen LogP contribution in [0.1, 0.15) is 11.1 Å². The van der Waals surface area contributed by atoms with Crippen LogP contribution in [0.2, 0.25) is 0 Å². The molecule has 25 heavy (non-hydrogen) atoms. The Bertz CT molecular complexity index is 819. The molecule has 0 radical (unpaired) electrons. The molecular formula is C23H22N2. The third-order valence-corrected chi connectivity index (χ3v) is 3.89. The molecule has 0 bridgehead atoms. The number of nitrogens with zero attached hydrogens (tertiary/aromatic N) is 1. The van der Waals surface area contributed by atoms with E-state index < -0.39 is 0 Å². The van der Waals surface area contributed by atoms with Gasteiger partial charge in [0.05, 0.1) is 0 Å². The monoisotopic (exact) mass is 326 g/mol. The number of hydrogen-bond acceptors (Lipinski definition) is 2. The zero-order valence-corrected chi connectivity index (χ0v) is 14.3. The van der Waals surface area contributed by atoms with Gasteiger partial charge in [-0.2, -0.15) is 0 Å². The van der Waals surface area contributed by atoms with Crippen LogP contribution in [0, 0.1) is 0 Å². The molecule has 0 atom stereocenters. The van der Waals surface area contributed by atoms with E-state index in [1.54, 1.807) is 0 Å². The van der Waals surface area contributed by atoms with Crippen LogP contribution in [0.5, 0.6) is 0 Å². The second kappa shape index (κ2) is 8.55. The third kappa shape index (κ3) is 5.11. The molecule has 0 saturated carbocycles. The molecule has 2 nitrogen and oxygen atoms in total. The van der Waals surface area contributed by atoms with Crippen LogP contribution in [-0.4, -0.2) is 7.05 Å². The van der Waals surface area contributed by atoms with E-state index >= 15 is 0 Å². The maximum atomic E-state index is 3.30. The number of nitrogens with one attached hydrogen (secondary N) is 1. The van der Waals surface area contributed by atoms with Gasteiger partial charge in [-0.05, 0) is 47.5 Å². The molecule has 3 rings (SSSR count). The molecule has 0 spiro atoms. The van der Waals surface area contributed by atoms with Gasteiger partial charge in [0.2, 0.25) is 0 Å². The van der Waals surface area contributed by atoms with Crippen molar-refractivity contribution < 1.29 is 0 Å². The first-order valence-electron chi connectivity index (χ1n) is 8.35. The molecule has 0 fully saturated rings. The summed E-state index contributed by atoms with van der Waals surface area (Å²) in [5, 5.41) is 3.30. The zero-order chi connectivity index (χ0) is 17.3. The Kier molecular flexibility index (Phi) is 5.68. The SMILES string of the molecule is CN(/C=C/c1ccccc1)c1ccc(N/C=C/c2ccccc2)cc1. The van der Waals surface area contributed by atoms with E-state index in [0.717, 1.165) is 11.4 Å². The molecule has 124 valence electrons. The number of benzene rings is 3. The van der Waals surface area contributed by atoms with Crippen molar-refractivity contribution in [3.63, 3.8) is 0 Å². The van der Waals surface area contributed by atoms with E-state index in [-0.39, 0.29) is 0 Å². The third-order valence-electron chi connectivity index (χ3n) is 3.89. The first kappa shape index (κ1) is 16.6. The normalized spacial score (nSPS) is 11.1. The summed E-state index contributed by atoms with van der Waals surface area (Å²) in [6.45, 7) is 0. The van der Waals surface area contributed by atoms with Gasteiger partial charge in [0, 0.05) is 30.8 Å². The van der Waals surface area contributed by atoms with Gasteiger partial charge in [-0.1, -0.05) is 60.7 Å². The number of anilines is 2. The molecule has 3 aromatic carbocycles. The highest BCUT2D eigenvalue weighted by Gasteiger charge is 1.97. The van der Waals surface area contributed by atoms with Crippen molar-refractivity contribution in [2.75, 3.05) is 17.3 Å². The van der Waals surface area contributed by atoms with Gasteiger partial charge in [0.15, 0.2) is 0 Å².